The Morgan fingerprint density at radius 3 is 2.70 bits per heavy atom. The zero-order valence-electron chi connectivity index (χ0n) is 12.2. The van der Waals surface area contributed by atoms with Gasteiger partial charge in [-0.25, -0.2) is 4.98 Å². The Balaban J connectivity index is 1.81. The highest BCUT2D eigenvalue weighted by molar-refractivity contribution is 7.11. The summed E-state index contributed by atoms with van der Waals surface area (Å²) in [6, 6.07) is 8.26. The number of ether oxygens (including phenoxy) is 1. The van der Waals surface area contributed by atoms with Crippen LogP contribution in [-0.4, -0.2) is 11.5 Å². The zero-order valence-corrected chi connectivity index (χ0v) is 13.0. The number of hydrogen-bond donors (Lipinski definition) is 1. The minimum Gasteiger partial charge on any atom is -0.486 e. The number of nitrogens with zero attached hydrogens (tertiary/aromatic N) is 1. The molecule has 0 unspecified atom stereocenters. The minimum atomic E-state index is 0.546. The first-order valence-corrected chi connectivity index (χ1v) is 7.99. The summed E-state index contributed by atoms with van der Waals surface area (Å²) in [5, 5.41) is 4.41. The molecule has 3 nitrogen and oxygen atoms in total. The summed E-state index contributed by atoms with van der Waals surface area (Å²) >= 11 is 1.71. The highest BCUT2D eigenvalue weighted by Gasteiger charge is 2.03. The van der Waals surface area contributed by atoms with E-state index in [0.717, 1.165) is 36.7 Å². The second-order valence-corrected chi connectivity index (χ2v) is 5.88. The quantitative estimate of drug-likeness (QED) is 0.751. The molecule has 0 spiro atoms. The van der Waals surface area contributed by atoms with Crippen molar-refractivity contribution in [3.05, 3.63) is 45.9 Å². The molecule has 1 N–H and O–H groups in total. The van der Waals surface area contributed by atoms with E-state index in [-0.39, 0.29) is 0 Å². The molecule has 0 atom stereocenters. The summed E-state index contributed by atoms with van der Waals surface area (Å²) in [5.74, 6) is 0.906. The van der Waals surface area contributed by atoms with E-state index >= 15 is 0 Å². The lowest BCUT2D eigenvalue weighted by Gasteiger charge is -2.04. The Labute approximate surface area is 125 Å². The van der Waals surface area contributed by atoms with Gasteiger partial charge in [-0.15, -0.1) is 11.3 Å². The van der Waals surface area contributed by atoms with Gasteiger partial charge in [0.05, 0.1) is 0 Å². The number of rotatable bonds is 8. The van der Waals surface area contributed by atoms with Gasteiger partial charge < -0.3 is 10.1 Å². The van der Waals surface area contributed by atoms with Gasteiger partial charge in [0.25, 0.3) is 0 Å². The minimum absolute atomic E-state index is 0.546. The molecule has 2 aromatic rings. The third kappa shape index (κ3) is 4.62. The molecule has 1 heterocycles. The van der Waals surface area contributed by atoms with Crippen molar-refractivity contribution in [2.45, 2.75) is 39.8 Å². The van der Waals surface area contributed by atoms with Crippen molar-refractivity contribution in [3.63, 3.8) is 0 Å². The highest BCUT2D eigenvalue weighted by Crippen LogP contribution is 2.17. The van der Waals surface area contributed by atoms with Crippen molar-refractivity contribution in [1.29, 1.82) is 0 Å². The van der Waals surface area contributed by atoms with Crippen LogP contribution >= 0.6 is 11.3 Å². The smallest absolute Gasteiger partial charge is 0.140 e. The second kappa shape index (κ2) is 8.02. The molecule has 0 aliphatic heterocycles. The van der Waals surface area contributed by atoms with E-state index in [0.29, 0.717) is 6.61 Å². The molecule has 2 rings (SSSR count). The third-order valence-electron chi connectivity index (χ3n) is 3.02. The summed E-state index contributed by atoms with van der Waals surface area (Å²) < 4.78 is 5.76. The van der Waals surface area contributed by atoms with Crippen LogP contribution in [0.1, 0.15) is 35.7 Å². The molecule has 0 aliphatic carbocycles. The van der Waals surface area contributed by atoms with Gasteiger partial charge in [0.2, 0.25) is 0 Å². The number of nitrogens with one attached hydrogen (secondary N) is 1. The number of aromatic nitrogens is 1. The van der Waals surface area contributed by atoms with Gasteiger partial charge in [0, 0.05) is 17.6 Å². The van der Waals surface area contributed by atoms with Crippen molar-refractivity contribution in [1.82, 2.24) is 10.3 Å². The lowest BCUT2D eigenvalue weighted by molar-refractivity contribution is 0.305. The predicted molar refractivity (Wildman–Crippen MR) is 84.3 cm³/mol. The van der Waals surface area contributed by atoms with Crippen LogP contribution in [0.15, 0.2) is 30.5 Å². The van der Waals surface area contributed by atoms with Crippen molar-refractivity contribution < 1.29 is 4.74 Å². The SMILES string of the molecule is CCCNCc1cnc(COc2ccc(CC)cc2)s1. The first-order valence-electron chi connectivity index (χ1n) is 7.17. The molecule has 20 heavy (non-hydrogen) atoms. The Bertz CT molecular complexity index is 507. The van der Waals surface area contributed by atoms with Crippen molar-refractivity contribution in [2.75, 3.05) is 6.54 Å². The van der Waals surface area contributed by atoms with Crippen LogP contribution in [-0.2, 0) is 19.6 Å². The summed E-state index contributed by atoms with van der Waals surface area (Å²) in [6.07, 6.45) is 4.15. The first-order chi connectivity index (χ1) is 9.81. The molecule has 4 heteroatoms. The number of benzene rings is 1. The topological polar surface area (TPSA) is 34.2 Å². The van der Waals surface area contributed by atoms with Gasteiger partial charge >= 0.3 is 0 Å². The van der Waals surface area contributed by atoms with Crippen LogP contribution in [0.5, 0.6) is 5.75 Å². The Morgan fingerprint density at radius 2 is 2.00 bits per heavy atom. The molecule has 108 valence electrons. The largest absolute Gasteiger partial charge is 0.486 e. The van der Waals surface area contributed by atoms with E-state index in [4.69, 9.17) is 4.74 Å². The van der Waals surface area contributed by atoms with Gasteiger partial charge in [-0.1, -0.05) is 26.0 Å². The standard InChI is InChI=1S/C16H22N2OS/c1-3-9-17-10-15-11-18-16(20-15)12-19-14-7-5-13(4-2)6-8-14/h5-8,11,17H,3-4,9-10,12H2,1-2H3. The maximum atomic E-state index is 5.76. The summed E-state index contributed by atoms with van der Waals surface area (Å²) in [5.41, 5.74) is 1.33. The molecular weight excluding hydrogens is 268 g/mol. The predicted octanol–water partition coefficient (Wildman–Crippen LogP) is 3.78. The van der Waals surface area contributed by atoms with Gasteiger partial charge in [-0.05, 0) is 37.1 Å². The lowest BCUT2D eigenvalue weighted by atomic mass is 10.2. The van der Waals surface area contributed by atoms with Crippen molar-refractivity contribution in [2.24, 2.45) is 0 Å². The molecule has 0 fully saturated rings. The molecule has 0 saturated carbocycles. The van der Waals surface area contributed by atoms with Crippen molar-refractivity contribution >= 4 is 11.3 Å². The fourth-order valence-corrected chi connectivity index (χ4v) is 2.66. The number of aryl methyl sites for hydroxylation is 1. The maximum Gasteiger partial charge on any atom is 0.140 e. The monoisotopic (exact) mass is 290 g/mol. The average molecular weight is 290 g/mol. The van der Waals surface area contributed by atoms with Crippen LogP contribution in [0.3, 0.4) is 0 Å². The molecule has 0 radical (unpaired) electrons. The molecule has 0 amide bonds. The average Bonchev–Trinajstić information content (AvgIpc) is 2.94. The van der Waals surface area contributed by atoms with Gasteiger partial charge in [0.1, 0.15) is 17.4 Å². The van der Waals surface area contributed by atoms with E-state index in [9.17, 15) is 0 Å². The normalized spacial score (nSPS) is 10.7. The fourth-order valence-electron chi connectivity index (χ4n) is 1.85. The molecule has 1 aromatic heterocycles. The lowest BCUT2D eigenvalue weighted by Crippen LogP contribution is -2.12. The third-order valence-corrected chi connectivity index (χ3v) is 3.99. The van der Waals surface area contributed by atoms with E-state index in [1.807, 2.05) is 18.3 Å². The number of thiazole rings is 1. The molecule has 1 aromatic carbocycles. The van der Waals surface area contributed by atoms with E-state index in [2.05, 4.69) is 36.3 Å². The highest BCUT2D eigenvalue weighted by atomic mass is 32.1. The Kier molecular flexibility index (Phi) is 6.02. The van der Waals surface area contributed by atoms with Crippen LogP contribution in [0, 0.1) is 0 Å². The molecule has 0 saturated heterocycles. The van der Waals surface area contributed by atoms with Crippen molar-refractivity contribution in [3.8, 4) is 5.75 Å². The van der Waals surface area contributed by atoms with Gasteiger partial charge in [0.15, 0.2) is 0 Å². The zero-order chi connectivity index (χ0) is 14.2. The summed E-state index contributed by atoms with van der Waals surface area (Å²) in [6.45, 7) is 6.82. The molecule has 0 aliphatic rings. The molecule has 0 bridgehead atoms. The first kappa shape index (κ1) is 15.0. The number of hydrogen-bond acceptors (Lipinski definition) is 4. The van der Waals surface area contributed by atoms with Crippen LogP contribution in [0.25, 0.3) is 0 Å². The van der Waals surface area contributed by atoms with Crippen LogP contribution < -0.4 is 10.1 Å². The van der Waals surface area contributed by atoms with Gasteiger partial charge in [-0.3, -0.25) is 0 Å². The summed E-state index contributed by atoms with van der Waals surface area (Å²) in [7, 11) is 0. The summed E-state index contributed by atoms with van der Waals surface area (Å²) in [4.78, 5) is 5.66. The van der Waals surface area contributed by atoms with E-state index < -0.39 is 0 Å². The maximum absolute atomic E-state index is 5.76. The second-order valence-electron chi connectivity index (χ2n) is 4.68. The Morgan fingerprint density at radius 1 is 1.20 bits per heavy atom. The Hall–Kier alpha value is -1.39. The van der Waals surface area contributed by atoms with Gasteiger partial charge in [-0.2, -0.15) is 0 Å². The van der Waals surface area contributed by atoms with E-state index in [1.165, 1.54) is 10.4 Å². The van der Waals surface area contributed by atoms with E-state index in [1.54, 1.807) is 11.3 Å². The van der Waals surface area contributed by atoms with Crippen LogP contribution in [0.2, 0.25) is 0 Å². The van der Waals surface area contributed by atoms with Crippen LogP contribution in [0.4, 0.5) is 0 Å². The molecular formula is C16H22N2OS. The fraction of sp³-hybridized carbons (Fsp3) is 0.438.